The molecule has 0 bridgehead atoms. The van der Waals surface area contributed by atoms with Crippen LogP contribution in [-0.4, -0.2) is 17.5 Å². The summed E-state index contributed by atoms with van der Waals surface area (Å²) in [5.41, 5.74) is 5.58. The number of hydrogen-bond acceptors (Lipinski definition) is 2. The van der Waals surface area contributed by atoms with Crippen LogP contribution in [0, 0.1) is 5.92 Å². The van der Waals surface area contributed by atoms with E-state index in [2.05, 4.69) is 26.1 Å². The summed E-state index contributed by atoms with van der Waals surface area (Å²) in [6.07, 6.45) is 3.46. The zero-order chi connectivity index (χ0) is 12.8. The molecule has 3 N–H and O–H groups in total. The van der Waals surface area contributed by atoms with E-state index in [1.807, 2.05) is 13.8 Å². The smallest absolute Gasteiger partial charge is 0.220 e. The van der Waals surface area contributed by atoms with Crippen LogP contribution in [0.3, 0.4) is 0 Å². The SMILES string of the molecule is CC(C)CCC(C)NC(=O)CCC(C)(C)N. The molecule has 0 aliphatic heterocycles. The van der Waals surface area contributed by atoms with E-state index in [0.29, 0.717) is 12.3 Å². The first-order valence-corrected chi connectivity index (χ1v) is 6.29. The number of amides is 1. The second kappa shape index (κ2) is 6.89. The number of carbonyl (C=O) groups is 1. The molecule has 1 amide bonds. The van der Waals surface area contributed by atoms with E-state index in [9.17, 15) is 4.79 Å². The molecule has 0 radical (unpaired) electrons. The van der Waals surface area contributed by atoms with E-state index in [4.69, 9.17) is 5.73 Å². The Morgan fingerprint density at radius 3 is 2.25 bits per heavy atom. The predicted octanol–water partition coefficient (Wildman–Crippen LogP) is 2.44. The van der Waals surface area contributed by atoms with Gasteiger partial charge in [-0.25, -0.2) is 0 Å². The van der Waals surface area contributed by atoms with Crippen LogP contribution in [-0.2, 0) is 4.79 Å². The Labute approximate surface area is 100 Å². The second-order valence-corrected chi connectivity index (χ2v) is 5.93. The van der Waals surface area contributed by atoms with Crippen LogP contribution < -0.4 is 11.1 Å². The predicted molar refractivity (Wildman–Crippen MR) is 69.2 cm³/mol. The van der Waals surface area contributed by atoms with Crippen LogP contribution in [0.25, 0.3) is 0 Å². The van der Waals surface area contributed by atoms with Crippen molar-refractivity contribution in [3.8, 4) is 0 Å². The number of nitrogens with one attached hydrogen (secondary N) is 1. The maximum Gasteiger partial charge on any atom is 0.220 e. The molecule has 3 heteroatoms. The minimum absolute atomic E-state index is 0.120. The molecule has 0 aliphatic carbocycles. The molecule has 16 heavy (non-hydrogen) atoms. The van der Waals surface area contributed by atoms with Gasteiger partial charge in [-0.3, -0.25) is 4.79 Å². The van der Waals surface area contributed by atoms with Crippen molar-refractivity contribution in [2.75, 3.05) is 0 Å². The zero-order valence-electron chi connectivity index (χ0n) is 11.5. The van der Waals surface area contributed by atoms with Gasteiger partial charge in [0.05, 0.1) is 0 Å². The summed E-state index contributed by atoms with van der Waals surface area (Å²) in [5.74, 6) is 0.817. The molecule has 1 unspecified atom stereocenters. The molecule has 0 heterocycles. The fourth-order valence-electron chi connectivity index (χ4n) is 1.44. The van der Waals surface area contributed by atoms with Crippen molar-refractivity contribution >= 4 is 5.91 Å². The van der Waals surface area contributed by atoms with Crippen LogP contribution in [0.4, 0.5) is 0 Å². The van der Waals surface area contributed by atoms with Gasteiger partial charge >= 0.3 is 0 Å². The molecular weight excluding hydrogens is 200 g/mol. The highest BCUT2D eigenvalue weighted by Crippen LogP contribution is 2.09. The number of nitrogens with two attached hydrogens (primary N) is 1. The molecule has 0 fully saturated rings. The van der Waals surface area contributed by atoms with Gasteiger partial charge in [0.15, 0.2) is 0 Å². The third-order valence-electron chi connectivity index (χ3n) is 2.58. The van der Waals surface area contributed by atoms with Crippen molar-refractivity contribution in [3.05, 3.63) is 0 Å². The first-order valence-electron chi connectivity index (χ1n) is 6.29. The maximum atomic E-state index is 11.6. The molecular formula is C13H28N2O. The molecule has 3 nitrogen and oxygen atoms in total. The summed E-state index contributed by atoms with van der Waals surface area (Å²) in [5, 5.41) is 3.01. The molecule has 96 valence electrons. The number of carbonyl (C=O) groups excluding carboxylic acids is 1. The Kier molecular flexibility index (Phi) is 6.65. The van der Waals surface area contributed by atoms with E-state index in [1.54, 1.807) is 0 Å². The largest absolute Gasteiger partial charge is 0.354 e. The Hall–Kier alpha value is -0.570. The van der Waals surface area contributed by atoms with Gasteiger partial charge in [-0.2, -0.15) is 0 Å². The highest BCUT2D eigenvalue weighted by atomic mass is 16.1. The first kappa shape index (κ1) is 15.4. The Morgan fingerprint density at radius 1 is 1.25 bits per heavy atom. The van der Waals surface area contributed by atoms with Crippen LogP contribution in [0.15, 0.2) is 0 Å². The summed E-state index contributed by atoms with van der Waals surface area (Å²) in [4.78, 5) is 11.6. The van der Waals surface area contributed by atoms with Crippen LogP contribution in [0.1, 0.15) is 60.3 Å². The van der Waals surface area contributed by atoms with E-state index in [1.165, 1.54) is 0 Å². The van der Waals surface area contributed by atoms with Crippen molar-refractivity contribution < 1.29 is 4.79 Å². The summed E-state index contributed by atoms with van der Waals surface area (Å²) in [6, 6.07) is 0.274. The van der Waals surface area contributed by atoms with Gasteiger partial charge in [-0.15, -0.1) is 0 Å². The van der Waals surface area contributed by atoms with Gasteiger partial charge in [0, 0.05) is 18.0 Å². The third-order valence-corrected chi connectivity index (χ3v) is 2.58. The Morgan fingerprint density at radius 2 is 1.81 bits per heavy atom. The standard InChI is InChI=1S/C13H28N2O/c1-10(2)6-7-11(3)15-12(16)8-9-13(4,5)14/h10-11H,6-9,14H2,1-5H3,(H,15,16). The lowest BCUT2D eigenvalue weighted by atomic mass is 9.99. The van der Waals surface area contributed by atoms with Crippen molar-refractivity contribution in [2.45, 2.75) is 71.9 Å². The van der Waals surface area contributed by atoms with Crippen molar-refractivity contribution in [1.29, 1.82) is 0 Å². The third kappa shape index (κ3) is 9.97. The average molecular weight is 228 g/mol. The molecule has 0 aromatic rings. The summed E-state index contributed by atoms with van der Waals surface area (Å²) >= 11 is 0. The fourth-order valence-corrected chi connectivity index (χ4v) is 1.44. The average Bonchev–Trinajstić information content (AvgIpc) is 2.10. The van der Waals surface area contributed by atoms with Gasteiger partial charge in [0.1, 0.15) is 0 Å². The lowest BCUT2D eigenvalue weighted by molar-refractivity contribution is -0.122. The molecule has 0 aromatic heterocycles. The summed E-state index contributed by atoms with van der Waals surface area (Å²) in [6.45, 7) is 10.4. The minimum atomic E-state index is -0.251. The molecule has 0 aliphatic rings. The normalized spacial score (nSPS) is 13.9. The van der Waals surface area contributed by atoms with E-state index in [-0.39, 0.29) is 17.5 Å². The zero-order valence-corrected chi connectivity index (χ0v) is 11.5. The highest BCUT2D eigenvalue weighted by Gasteiger charge is 2.14. The number of rotatable bonds is 7. The van der Waals surface area contributed by atoms with E-state index in [0.717, 1.165) is 19.3 Å². The van der Waals surface area contributed by atoms with Gasteiger partial charge in [0.2, 0.25) is 5.91 Å². The number of hydrogen-bond donors (Lipinski definition) is 2. The van der Waals surface area contributed by atoms with E-state index >= 15 is 0 Å². The topological polar surface area (TPSA) is 55.1 Å². The fraction of sp³-hybridized carbons (Fsp3) is 0.923. The van der Waals surface area contributed by atoms with Gasteiger partial charge in [-0.1, -0.05) is 13.8 Å². The summed E-state index contributed by atoms with van der Waals surface area (Å²) < 4.78 is 0. The van der Waals surface area contributed by atoms with Crippen molar-refractivity contribution in [1.82, 2.24) is 5.32 Å². The molecule has 0 saturated heterocycles. The van der Waals surface area contributed by atoms with Gasteiger partial charge < -0.3 is 11.1 Å². The molecule has 0 rings (SSSR count). The minimum Gasteiger partial charge on any atom is -0.354 e. The van der Waals surface area contributed by atoms with E-state index < -0.39 is 0 Å². The second-order valence-electron chi connectivity index (χ2n) is 5.93. The first-order chi connectivity index (χ1) is 7.20. The molecule has 0 saturated carbocycles. The lowest BCUT2D eigenvalue weighted by Crippen LogP contribution is -2.37. The Bertz CT molecular complexity index is 206. The molecule has 0 spiro atoms. The highest BCUT2D eigenvalue weighted by molar-refractivity contribution is 5.76. The van der Waals surface area contributed by atoms with Crippen molar-refractivity contribution in [3.63, 3.8) is 0 Å². The van der Waals surface area contributed by atoms with Crippen molar-refractivity contribution in [2.24, 2.45) is 11.7 Å². The van der Waals surface area contributed by atoms with Crippen LogP contribution in [0.2, 0.25) is 0 Å². The quantitative estimate of drug-likeness (QED) is 0.703. The summed E-state index contributed by atoms with van der Waals surface area (Å²) in [7, 11) is 0. The lowest BCUT2D eigenvalue weighted by Gasteiger charge is -2.19. The van der Waals surface area contributed by atoms with Gasteiger partial charge in [-0.05, 0) is 46.0 Å². The molecule has 0 aromatic carbocycles. The monoisotopic (exact) mass is 228 g/mol. The maximum absolute atomic E-state index is 11.6. The van der Waals surface area contributed by atoms with Crippen LogP contribution in [0.5, 0.6) is 0 Å². The Balaban J connectivity index is 3.70. The van der Waals surface area contributed by atoms with Gasteiger partial charge in [0.25, 0.3) is 0 Å². The van der Waals surface area contributed by atoms with Crippen LogP contribution >= 0.6 is 0 Å². The molecule has 1 atom stereocenters.